The Hall–Kier alpha value is -0.620. The summed E-state index contributed by atoms with van der Waals surface area (Å²) in [5.74, 6) is 0. The highest BCUT2D eigenvalue weighted by Crippen LogP contribution is 2.23. The molecule has 4 nitrogen and oxygen atoms in total. The summed E-state index contributed by atoms with van der Waals surface area (Å²) in [6.07, 6.45) is 5.35. The average molecular weight is 333 g/mol. The van der Waals surface area contributed by atoms with Crippen LogP contribution in [-0.2, 0) is 16.6 Å². The molecule has 0 radical (unpaired) electrons. The third-order valence-corrected chi connectivity index (χ3v) is 5.44. The lowest BCUT2D eigenvalue weighted by atomic mass is 10.1. The van der Waals surface area contributed by atoms with Crippen molar-refractivity contribution in [1.29, 1.82) is 0 Å². The van der Waals surface area contributed by atoms with Gasteiger partial charge in [0.2, 0.25) is 10.0 Å². The first-order valence-electron chi connectivity index (χ1n) is 7.41. The molecule has 6 heteroatoms. The molecule has 0 aliphatic rings. The Morgan fingerprint density at radius 2 is 2.00 bits per heavy atom. The highest BCUT2D eigenvalue weighted by atomic mass is 35.5. The third-order valence-electron chi connectivity index (χ3n) is 3.37. The fraction of sp³-hybridized carbons (Fsp3) is 0.600. The van der Waals surface area contributed by atoms with Crippen molar-refractivity contribution in [3.05, 3.63) is 28.8 Å². The minimum Gasteiger partial charge on any atom is -0.326 e. The van der Waals surface area contributed by atoms with E-state index in [-0.39, 0.29) is 16.0 Å². The predicted molar refractivity (Wildman–Crippen MR) is 87.9 cm³/mol. The van der Waals surface area contributed by atoms with Crippen LogP contribution in [0.2, 0.25) is 5.02 Å². The highest BCUT2D eigenvalue weighted by molar-refractivity contribution is 7.89. The SMILES string of the molecule is CCCCCCC(C)NS(=O)(=O)c1ccc(CN)cc1Cl. The lowest BCUT2D eigenvalue weighted by Gasteiger charge is -2.15. The molecule has 0 bridgehead atoms. The fourth-order valence-electron chi connectivity index (χ4n) is 2.15. The lowest BCUT2D eigenvalue weighted by molar-refractivity contribution is 0.522. The van der Waals surface area contributed by atoms with Crippen molar-refractivity contribution in [3.8, 4) is 0 Å². The Kier molecular flexibility index (Phi) is 7.66. The number of sulfonamides is 1. The molecular weight excluding hydrogens is 308 g/mol. The summed E-state index contributed by atoms with van der Waals surface area (Å²) in [5, 5.41) is 0.212. The van der Waals surface area contributed by atoms with Gasteiger partial charge < -0.3 is 5.73 Å². The van der Waals surface area contributed by atoms with E-state index in [1.54, 1.807) is 12.1 Å². The van der Waals surface area contributed by atoms with E-state index in [0.717, 1.165) is 24.8 Å². The molecule has 0 fully saturated rings. The smallest absolute Gasteiger partial charge is 0.242 e. The van der Waals surface area contributed by atoms with Crippen molar-refractivity contribution in [2.75, 3.05) is 0 Å². The summed E-state index contributed by atoms with van der Waals surface area (Å²) in [7, 11) is -3.58. The van der Waals surface area contributed by atoms with Crippen LogP contribution in [0.5, 0.6) is 0 Å². The number of halogens is 1. The van der Waals surface area contributed by atoms with Gasteiger partial charge in [0, 0.05) is 12.6 Å². The van der Waals surface area contributed by atoms with Crippen molar-refractivity contribution < 1.29 is 8.42 Å². The largest absolute Gasteiger partial charge is 0.326 e. The van der Waals surface area contributed by atoms with E-state index < -0.39 is 10.0 Å². The normalized spacial score (nSPS) is 13.3. The maximum absolute atomic E-state index is 12.3. The van der Waals surface area contributed by atoms with Crippen molar-refractivity contribution in [2.45, 2.75) is 63.4 Å². The summed E-state index contributed by atoms with van der Waals surface area (Å²) >= 11 is 6.05. The number of rotatable bonds is 9. The zero-order chi connectivity index (χ0) is 15.9. The fourth-order valence-corrected chi connectivity index (χ4v) is 4.00. The predicted octanol–water partition coefficient (Wildman–Crippen LogP) is 3.44. The monoisotopic (exact) mass is 332 g/mol. The minimum atomic E-state index is -3.58. The molecule has 0 heterocycles. The minimum absolute atomic E-state index is 0.0999. The first-order valence-corrected chi connectivity index (χ1v) is 9.27. The third kappa shape index (κ3) is 5.94. The van der Waals surface area contributed by atoms with Crippen LogP contribution in [0.15, 0.2) is 23.1 Å². The second kappa shape index (κ2) is 8.73. The van der Waals surface area contributed by atoms with E-state index in [2.05, 4.69) is 11.6 Å². The van der Waals surface area contributed by atoms with E-state index >= 15 is 0 Å². The van der Waals surface area contributed by atoms with Crippen LogP contribution in [0.3, 0.4) is 0 Å². The van der Waals surface area contributed by atoms with Gasteiger partial charge in [-0.15, -0.1) is 0 Å². The molecular formula is C15H25ClN2O2S. The first-order chi connectivity index (χ1) is 9.90. The van der Waals surface area contributed by atoms with Crippen molar-refractivity contribution >= 4 is 21.6 Å². The number of unbranched alkanes of at least 4 members (excludes halogenated alkanes) is 3. The highest BCUT2D eigenvalue weighted by Gasteiger charge is 2.20. The molecule has 0 spiro atoms. The van der Waals surface area contributed by atoms with E-state index in [1.165, 1.54) is 18.9 Å². The van der Waals surface area contributed by atoms with Gasteiger partial charge in [0.15, 0.2) is 0 Å². The molecule has 0 saturated heterocycles. The summed E-state index contributed by atoms with van der Waals surface area (Å²) in [5.41, 5.74) is 6.33. The number of hydrogen-bond acceptors (Lipinski definition) is 3. The number of nitrogens with two attached hydrogens (primary N) is 1. The summed E-state index contributed by atoms with van der Waals surface area (Å²) < 4.78 is 27.3. The van der Waals surface area contributed by atoms with Crippen LogP contribution in [0.1, 0.15) is 51.5 Å². The van der Waals surface area contributed by atoms with Crippen LogP contribution in [0, 0.1) is 0 Å². The van der Waals surface area contributed by atoms with Gasteiger partial charge in [-0.2, -0.15) is 0 Å². The Balaban J connectivity index is 2.68. The van der Waals surface area contributed by atoms with Gasteiger partial charge in [-0.3, -0.25) is 0 Å². The lowest BCUT2D eigenvalue weighted by Crippen LogP contribution is -2.32. The zero-order valence-electron chi connectivity index (χ0n) is 12.7. The summed E-state index contributed by atoms with van der Waals surface area (Å²) in [6.45, 7) is 4.37. The van der Waals surface area contributed by atoms with Gasteiger partial charge in [0.05, 0.1) is 5.02 Å². The summed E-state index contributed by atoms with van der Waals surface area (Å²) in [4.78, 5) is 0.113. The van der Waals surface area contributed by atoms with Crippen molar-refractivity contribution in [2.24, 2.45) is 5.73 Å². The number of nitrogens with one attached hydrogen (secondary N) is 1. The maximum Gasteiger partial charge on any atom is 0.242 e. The average Bonchev–Trinajstić information content (AvgIpc) is 2.42. The Morgan fingerprint density at radius 3 is 2.57 bits per heavy atom. The van der Waals surface area contributed by atoms with Crippen molar-refractivity contribution in [3.63, 3.8) is 0 Å². The van der Waals surface area contributed by atoms with E-state index in [9.17, 15) is 8.42 Å². The second-order valence-electron chi connectivity index (χ2n) is 5.34. The maximum atomic E-state index is 12.3. The van der Waals surface area contributed by atoms with Gasteiger partial charge in [-0.25, -0.2) is 13.1 Å². The number of hydrogen-bond donors (Lipinski definition) is 2. The Labute approximate surface area is 133 Å². The molecule has 1 aromatic carbocycles. The van der Waals surface area contributed by atoms with Crippen molar-refractivity contribution in [1.82, 2.24) is 4.72 Å². The van der Waals surface area contributed by atoms with Gasteiger partial charge in [-0.05, 0) is 31.0 Å². The molecule has 3 N–H and O–H groups in total. The van der Waals surface area contributed by atoms with Gasteiger partial charge in [0.1, 0.15) is 4.90 Å². The molecule has 1 atom stereocenters. The quantitative estimate of drug-likeness (QED) is 0.680. The van der Waals surface area contributed by atoms with Gasteiger partial charge >= 0.3 is 0 Å². The number of benzene rings is 1. The molecule has 1 aromatic rings. The molecule has 0 aromatic heterocycles. The first kappa shape index (κ1) is 18.4. The molecule has 0 saturated carbocycles. The van der Waals surface area contributed by atoms with Crippen LogP contribution < -0.4 is 10.5 Å². The molecule has 1 unspecified atom stereocenters. The Morgan fingerprint density at radius 1 is 1.29 bits per heavy atom. The molecule has 0 amide bonds. The second-order valence-corrected chi connectivity index (χ2v) is 7.43. The van der Waals surface area contributed by atoms with Gasteiger partial charge in [-0.1, -0.05) is 50.3 Å². The zero-order valence-corrected chi connectivity index (χ0v) is 14.3. The van der Waals surface area contributed by atoms with Crippen LogP contribution in [0.4, 0.5) is 0 Å². The molecule has 0 aliphatic heterocycles. The van der Waals surface area contributed by atoms with Gasteiger partial charge in [0.25, 0.3) is 0 Å². The van der Waals surface area contributed by atoms with Crippen LogP contribution in [0.25, 0.3) is 0 Å². The molecule has 21 heavy (non-hydrogen) atoms. The van der Waals surface area contributed by atoms with Crippen LogP contribution >= 0.6 is 11.6 Å². The Bertz CT molecular complexity index is 547. The molecule has 120 valence electrons. The van der Waals surface area contributed by atoms with E-state index in [4.69, 9.17) is 17.3 Å². The van der Waals surface area contributed by atoms with Crippen LogP contribution in [-0.4, -0.2) is 14.5 Å². The molecule has 0 aliphatic carbocycles. The topological polar surface area (TPSA) is 72.2 Å². The summed E-state index contributed by atoms with van der Waals surface area (Å²) in [6, 6.07) is 4.70. The van der Waals surface area contributed by atoms with E-state index in [1.807, 2.05) is 6.92 Å². The molecule has 1 rings (SSSR count). The standard InChI is InChI=1S/C15H25ClN2O2S/c1-3-4-5-6-7-12(2)18-21(19,20)15-9-8-13(11-17)10-14(15)16/h8-10,12,18H,3-7,11,17H2,1-2H3. The van der Waals surface area contributed by atoms with E-state index in [0.29, 0.717) is 6.54 Å².